The summed E-state index contributed by atoms with van der Waals surface area (Å²) < 4.78 is 32.0. The number of rotatable bonds is 7. The number of carbonyl (C=O) groups excluding carboxylic acids is 1. The minimum atomic E-state index is -0.934. The molecule has 1 atom stereocenters. The second-order valence-corrected chi connectivity index (χ2v) is 8.58. The zero-order chi connectivity index (χ0) is 23.3. The zero-order valence-electron chi connectivity index (χ0n) is 18.4. The quantitative estimate of drug-likeness (QED) is 0.559. The molecule has 2 aliphatic rings. The lowest BCUT2D eigenvalue weighted by Crippen LogP contribution is -2.42. The number of hydrogen-bond donors (Lipinski definition) is 0. The molecule has 2 aromatic carbocycles. The van der Waals surface area contributed by atoms with E-state index in [1.807, 2.05) is 42.5 Å². The molecule has 0 N–H and O–H groups in total. The van der Waals surface area contributed by atoms with Gasteiger partial charge in [-0.15, -0.1) is 0 Å². The third-order valence-electron chi connectivity index (χ3n) is 6.63. The zero-order valence-corrected chi connectivity index (χ0v) is 18.4. The summed E-state index contributed by atoms with van der Waals surface area (Å²) in [5, 5.41) is 9.82. The van der Waals surface area contributed by atoms with Crippen molar-refractivity contribution in [3.05, 3.63) is 83.4 Å². The molecule has 2 aliphatic heterocycles. The van der Waals surface area contributed by atoms with Gasteiger partial charge in [0.1, 0.15) is 6.61 Å². The number of carbonyl (C=O) groups is 1. The van der Waals surface area contributed by atoms with E-state index in [1.54, 1.807) is 0 Å². The highest BCUT2D eigenvalue weighted by molar-refractivity contribution is 5.70. The van der Waals surface area contributed by atoms with Gasteiger partial charge in [-0.1, -0.05) is 48.6 Å². The summed E-state index contributed by atoms with van der Waals surface area (Å²) in [5.41, 5.74) is 1.21. The van der Waals surface area contributed by atoms with Gasteiger partial charge in [-0.2, -0.15) is 5.26 Å². The number of cyclic esters (lactones) is 1. The second kappa shape index (κ2) is 10.1. The van der Waals surface area contributed by atoms with E-state index in [4.69, 9.17) is 4.74 Å². The first-order valence-electron chi connectivity index (χ1n) is 11.2. The van der Waals surface area contributed by atoms with Gasteiger partial charge in [0.15, 0.2) is 11.6 Å². The lowest BCUT2D eigenvalue weighted by atomic mass is 9.74. The number of benzene rings is 2. The number of hydrogen-bond acceptors (Lipinski definition) is 4. The van der Waals surface area contributed by atoms with Gasteiger partial charge in [-0.05, 0) is 55.6 Å². The van der Waals surface area contributed by atoms with Crippen LogP contribution < -0.4 is 0 Å². The highest BCUT2D eigenvalue weighted by Crippen LogP contribution is 2.35. The van der Waals surface area contributed by atoms with Crippen LogP contribution in [0.2, 0.25) is 0 Å². The number of nitrogens with zero attached hydrogens (tertiary/aromatic N) is 3. The lowest BCUT2D eigenvalue weighted by Gasteiger charge is -2.37. The molecule has 1 unspecified atom stereocenters. The highest BCUT2D eigenvalue weighted by Gasteiger charge is 2.36. The first kappa shape index (κ1) is 22.9. The molecule has 33 heavy (non-hydrogen) atoms. The Morgan fingerprint density at radius 2 is 1.85 bits per heavy atom. The average molecular weight is 452 g/mol. The first-order valence-corrected chi connectivity index (χ1v) is 11.2. The monoisotopic (exact) mass is 451 g/mol. The highest BCUT2D eigenvalue weighted by atomic mass is 19.2. The van der Waals surface area contributed by atoms with E-state index in [0.29, 0.717) is 12.1 Å². The Kier molecular flexibility index (Phi) is 7.05. The maximum absolute atomic E-state index is 13.6. The van der Waals surface area contributed by atoms with Gasteiger partial charge >= 0.3 is 6.09 Å². The van der Waals surface area contributed by atoms with E-state index >= 15 is 0 Å². The van der Waals surface area contributed by atoms with Crippen molar-refractivity contribution in [2.24, 2.45) is 0 Å². The molecule has 5 nitrogen and oxygen atoms in total. The van der Waals surface area contributed by atoms with Gasteiger partial charge in [-0.25, -0.2) is 13.6 Å². The molecule has 7 heteroatoms. The maximum atomic E-state index is 13.6. The molecule has 2 fully saturated rings. The summed E-state index contributed by atoms with van der Waals surface area (Å²) in [4.78, 5) is 16.0. The number of likely N-dealkylation sites (tertiary alicyclic amines) is 1. The molecule has 172 valence electrons. The van der Waals surface area contributed by atoms with Crippen molar-refractivity contribution in [3.63, 3.8) is 0 Å². The molecule has 2 heterocycles. The molecule has 0 aliphatic carbocycles. The first-order chi connectivity index (χ1) is 16.0. The molecule has 0 spiro atoms. The summed E-state index contributed by atoms with van der Waals surface area (Å²) in [6, 6.07) is 15.8. The van der Waals surface area contributed by atoms with E-state index in [2.05, 4.69) is 11.0 Å². The van der Waals surface area contributed by atoms with E-state index in [9.17, 15) is 18.8 Å². The molecular weight excluding hydrogens is 424 g/mol. The lowest BCUT2D eigenvalue weighted by molar-refractivity contribution is 0.160. The van der Waals surface area contributed by atoms with Crippen LogP contribution in [0.25, 0.3) is 0 Å². The van der Waals surface area contributed by atoms with Crippen LogP contribution in [0.3, 0.4) is 0 Å². The van der Waals surface area contributed by atoms with Crippen LogP contribution >= 0.6 is 0 Å². The van der Waals surface area contributed by atoms with Gasteiger partial charge in [0.2, 0.25) is 0 Å². The van der Waals surface area contributed by atoms with Crippen LogP contribution in [-0.4, -0.2) is 48.7 Å². The standard InChI is InChI=1S/C26H27F2N3O2/c27-22-10-9-20(17-23(22)28)24-18-33-25(32)31(24)14-6-2-5-13-30-15-11-26(19-29,12-16-30)21-7-3-1-4-8-21/h1-4,6-10,17,24H,5,11-16,18H2. The largest absolute Gasteiger partial charge is 0.447 e. The van der Waals surface area contributed by atoms with E-state index in [-0.39, 0.29) is 6.61 Å². The van der Waals surface area contributed by atoms with Crippen molar-refractivity contribution in [1.29, 1.82) is 5.26 Å². The normalized spacial score (nSPS) is 20.7. The molecular formula is C26H27F2N3O2. The van der Waals surface area contributed by atoms with Crippen LogP contribution in [0.15, 0.2) is 60.7 Å². The molecule has 2 aromatic rings. The number of piperidine rings is 1. The summed E-state index contributed by atoms with van der Waals surface area (Å²) >= 11 is 0. The van der Waals surface area contributed by atoms with Crippen molar-refractivity contribution in [3.8, 4) is 6.07 Å². The molecule has 1 amide bonds. The molecule has 0 aromatic heterocycles. The Morgan fingerprint density at radius 1 is 1.09 bits per heavy atom. The summed E-state index contributed by atoms with van der Waals surface area (Å²) in [6.07, 6.45) is 5.92. The van der Waals surface area contributed by atoms with E-state index in [0.717, 1.165) is 56.6 Å². The Balaban J connectivity index is 1.26. The van der Waals surface area contributed by atoms with Crippen LogP contribution in [0.1, 0.15) is 36.4 Å². The van der Waals surface area contributed by atoms with Gasteiger partial charge in [0.05, 0.1) is 17.5 Å². The third-order valence-corrected chi connectivity index (χ3v) is 6.63. The Labute approximate surface area is 192 Å². The predicted octanol–water partition coefficient (Wildman–Crippen LogP) is 4.96. The molecule has 4 rings (SSSR count). The third kappa shape index (κ3) is 5.07. The van der Waals surface area contributed by atoms with E-state index in [1.165, 1.54) is 11.0 Å². The molecule has 0 radical (unpaired) electrons. The fourth-order valence-corrected chi connectivity index (χ4v) is 4.59. The van der Waals surface area contributed by atoms with Crippen molar-refractivity contribution in [2.75, 3.05) is 32.8 Å². The SMILES string of the molecule is N#CC1(c2ccccc2)CCN(CCC=CCN2C(=O)OCC2c2ccc(F)c(F)c2)CC1. The molecule has 2 saturated heterocycles. The fourth-order valence-electron chi connectivity index (χ4n) is 4.59. The fraction of sp³-hybridized carbons (Fsp3) is 0.385. The van der Waals surface area contributed by atoms with Gasteiger partial charge < -0.3 is 9.64 Å². The number of nitriles is 1. The smallest absolute Gasteiger partial charge is 0.410 e. The van der Waals surface area contributed by atoms with Crippen LogP contribution in [-0.2, 0) is 10.2 Å². The minimum absolute atomic E-state index is 0.119. The van der Waals surface area contributed by atoms with Crippen molar-refractivity contribution < 1.29 is 18.3 Å². The summed E-state index contributed by atoms with van der Waals surface area (Å²) in [5.74, 6) is -1.85. The molecule has 0 saturated carbocycles. The number of halogens is 2. The van der Waals surface area contributed by atoms with Crippen LogP contribution in [0, 0.1) is 23.0 Å². The van der Waals surface area contributed by atoms with Crippen molar-refractivity contribution in [1.82, 2.24) is 9.80 Å². The van der Waals surface area contributed by atoms with Gasteiger partial charge in [-0.3, -0.25) is 4.90 Å². The van der Waals surface area contributed by atoms with Crippen LogP contribution in [0.5, 0.6) is 0 Å². The maximum Gasteiger partial charge on any atom is 0.410 e. The van der Waals surface area contributed by atoms with Crippen molar-refractivity contribution in [2.45, 2.75) is 30.7 Å². The average Bonchev–Trinajstić information content (AvgIpc) is 3.22. The predicted molar refractivity (Wildman–Crippen MR) is 120 cm³/mol. The van der Waals surface area contributed by atoms with E-state index < -0.39 is 29.2 Å². The van der Waals surface area contributed by atoms with Gasteiger partial charge in [0.25, 0.3) is 0 Å². The molecule has 0 bridgehead atoms. The summed E-state index contributed by atoms with van der Waals surface area (Å²) in [7, 11) is 0. The minimum Gasteiger partial charge on any atom is -0.447 e. The van der Waals surface area contributed by atoms with Crippen molar-refractivity contribution >= 4 is 6.09 Å². The second-order valence-electron chi connectivity index (χ2n) is 8.58. The van der Waals surface area contributed by atoms with Crippen LogP contribution in [0.4, 0.5) is 13.6 Å². The Hall–Kier alpha value is -3.24. The van der Waals surface area contributed by atoms with Gasteiger partial charge in [0, 0.05) is 13.1 Å². The number of amides is 1. The Bertz CT molecular complexity index is 1040. The topological polar surface area (TPSA) is 56.6 Å². The summed E-state index contributed by atoms with van der Waals surface area (Å²) in [6.45, 7) is 3.07. The number of ether oxygens (including phenoxy) is 1. The Morgan fingerprint density at radius 3 is 2.55 bits per heavy atom.